The number of rotatable bonds is 4. The van der Waals surface area contributed by atoms with Crippen molar-refractivity contribution < 1.29 is 9.90 Å². The number of halogens is 1. The van der Waals surface area contributed by atoms with E-state index in [1.54, 1.807) is 17.5 Å². The van der Waals surface area contributed by atoms with Gasteiger partial charge in [-0.2, -0.15) is 0 Å². The van der Waals surface area contributed by atoms with Crippen LogP contribution in [-0.2, 0) is 6.54 Å². The second kappa shape index (κ2) is 6.64. The van der Waals surface area contributed by atoms with Gasteiger partial charge in [0.2, 0.25) is 0 Å². The van der Waals surface area contributed by atoms with Gasteiger partial charge in [-0.05, 0) is 18.1 Å². The van der Waals surface area contributed by atoms with Gasteiger partial charge >= 0.3 is 0 Å². The molecule has 2 aromatic heterocycles. The van der Waals surface area contributed by atoms with Crippen LogP contribution in [0.15, 0.2) is 30.7 Å². The number of carbonyl (C=O) groups excluding carboxylic acids is 1. The summed E-state index contributed by atoms with van der Waals surface area (Å²) < 4.78 is 0.798. The second-order valence-corrected chi connectivity index (χ2v) is 8.67. The average molecular weight is 379 g/mol. The highest BCUT2D eigenvalue weighted by Gasteiger charge is 2.53. The number of carbonyl (C=O) groups is 1. The second-order valence-electron chi connectivity index (χ2n) is 6.87. The monoisotopic (exact) mass is 378 g/mol. The Balaban J connectivity index is 1.45. The Bertz CT molecular complexity index is 771. The number of hydrogen-bond acceptors (Lipinski definition) is 6. The molecule has 6 nitrogen and oxygen atoms in total. The zero-order valence-electron chi connectivity index (χ0n) is 13.6. The third-order valence-corrected chi connectivity index (χ3v) is 6.44. The van der Waals surface area contributed by atoms with E-state index in [1.807, 2.05) is 11.0 Å². The Hall–Kier alpha value is -1.54. The molecule has 4 heterocycles. The molecule has 2 fully saturated rings. The minimum absolute atomic E-state index is 0.0869. The summed E-state index contributed by atoms with van der Waals surface area (Å²) in [6, 6.07) is 3.97. The highest BCUT2D eigenvalue weighted by molar-refractivity contribution is 7.16. The summed E-state index contributed by atoms with van der Waals surface area (Å²) in [4.78, 5) is 26.1. The van der Waals surface area contributed by atoms with Crippen molar-refractivity contribution >= 4 is 28.8 Å². The molecular formula is C17H19ClN4O2S. The Morgan fingerprint density at radius 1 is 1.36 bits per heavy atom. The van der Waals surface area contributed by atoms with Gasteiger partial charge in [-0.15, -0.1) is 11.3 Å². The lowest BCUT2D eigenvalue weighted by atomic mass is 9.82. The van der Waals surface area contributed by atoms with E-state index in [-0.39, 0.29) is 23.8 Å². The van der Waals surface area contributed by atoms with Crippen LogP contribution in [0.1, 0.15) is 15.4 Å². The summed E-state index contributed by atoms with van der Waals surface area (Å²) >= 11 is 7.61. The lowest BCUT2D eigenvalue weighted by Crippen LogP contribution is -2.39. The van der Waals surface area contributed by atoms with Crippen LogP contribution in [0.3, 0.4) is 0 Å². The normalized spacial score (nSPS) is 26.2. The number of aliphatic hydroxyl groups excluding tert-OH is 1. The van der Waals surface area contributed by atoms with Crippen molar-refractivity contribution in [3.8, 4) is 0 Å². The highest BCUT2D eigenvalue weighted by atomic mass is 35.5. The molecule has 2 aliphatic rings. The van der Waals surface area contributed by atoms with Gasteiger partial charge in [0.1, 0.15) is 5.69 Å². The molecule has 2 atom stereocenters. The number of nitrogens with zero attached hydrogens (tertiary/aromatic N) is 4. The quantitative estimate of drug-likeness (QED) is 0.877. The molecule has 4 rings (SSSR count). The van der Waals surface area contributed by atoms with Crippen molar-refractivity contribution in [2.75, 3.05) is 32.8 Å². The summed E-state index contributed by atoms with van der Waals surface area (Å²) in [5, 5.41) is 10.1. The summed E-state index contributed by atoms with van der Waals surface area (Å²) in [5.74, 6) is 0.167. The van der Waals surface area contributed by atoms with Gasteiger partial charge in [-0.3, -0.25) is 14.7 Å². The molecule has 0 radical (unpaired) electrons. The molecule has 2 aliphatic heterocycles. The van der Waals surface area contributed by atoms with Crippen LogP contribution in [-0.4, -0.2) is 63.6 Å². The number of amides is 1. The zero-order chi connectivity index (χ0) is 17.4. The predicted molar refractivity (Wildman–Crippen MR) is 95.6 cm³/mol. The minimum Gasteiger partial charge on any atom is -0.396 e. The first-order valence-electron chi connectivity index (χ1n) is 8.22. The molecular weight excluding hydrogens is 360 g/mol. The van der Waals surface area contributed by atoms with Crippen LogP contribution in [0.2, 0.25) is 4.34 Å². The van der Waals surface area contributed by atoms with Gasteiger partial charge < -0.3 is 10.0 Å². The third kappa shape index (κ3) is 3.17. The van der Waals surface area contributed by atoms with Gasteiger partial charge in [-0.1, -0.05) is 11.6 Å². The first-order chi connectivity index (χ1) is 12.1. The van der Waals surface area contributed by atoms with E-state index in [9.17, 15) is 9.90 Å². The number of fused-ring (bicyclic) bond motifs is 1. The lowest BCUT2D eigenvalue weighted by Gasteiger charge is -2.27. The Labute approximate surface area is 155 Å². The van der Waals surface area contributed by atoms with E-state index >= 15 is 0 Å². The van der Waals surface area contributed by atoms with Crippen LogP contribution in [0.25, 0.3) is 0 Å². The van der Waals surface area contributed by atoms with E-state index in [2.05, 4.69) is 20.9 Å². The number of thiophene rings is 1. The van der Waals surface area contributed by atoms with Crippen LogP contribution in [0.4, 0.5) is 0 Å². The van der Waals surface area contributed by atoms with E-state index in [4.69, 9.17) is 11.6 Å². The fourth-order valence-corrected chi connectivity index (χ4v) is 5.15. The van der Waals surface area contributed by atoms with Gasteiger partial charge in [0.15, 0.2) is 0 Å². The van der Waals surface area contributed by atoms with E-state index in [0.29, 0.717) is 18.8 Å². The van der Waals surface area contributed by atoms with Gasteiger partial charge in [0.25, 0.3) is 5.91 Å². The van der Waals surface area contributed by atoms with Crippen molar-refractivity contribution in [1.82, 2.24) is 19.8 Å². The molecule has 2 saturated heterocycles. The summed E-state index contributed by atoms with van der Waals surface area (Å²) in [6.45, 7) is 3.80. The average Bonchev–Trinajstić information content (AvgIpc) is 3.27. The van der Waals surface area contributed by atoms with Gasteiger partial charge in [0.05, 0.1) is 17.1 Å². The number of likely N-dealkylation sites (tertiary alicyclic amines) is 2. The summed E-state index contributed by atoms with van der Waals surface area (Å²) in [5.41, 5.74) is 0.111. The van der Waals surface area contributed by atoms with Gasteiger partial charge in [-0.25, -0.2) is 4.98 Å². The number of aromatic nitrogens is 2. The maximum Gasteiger partial charge on any atom is 0.274 e. The topological polar surface area (TPSA) is 69.6 Å². The molecule has 132 valence electrons. The van der Waals surface area contributed by atoms with Crippen molar-refractivity contribution in [3.05, 3.63) is 45.6 Å². The van der Waals surface area contributed by atoms with Crippen LogP contribution < -0.4 is 0 Å². The lowest BCUT2D eigenvalue weighted by molar-refractivity contribution is 0.0713. The summed E-state index contributed by atoms with van der Waals surface area (Å²) in [7, 11) is 0. The Morgan fingerprint density at radius 2 is 2.24 bits per heavy atom. The van der Waals surface area contributed by atoms with E-state index in [0.717, 1.165) is 24.0 Å². The van der Waals surface area contributed by atoms with Gasteiger partial charge in [0, 0.05) is 55.4 Å². The molecule has 0 spiro atoms. The van der Waals surface area contributed by atoms with Crippen molar-refractivity contribution in [2.24, 2.45) is 11.3 Å². The molecule has 1 N–H and O–H groups in total. The Morgan fingerprint density at radius 3 is 2.88 bits per heavy atom. The predicted octanol–water partition coefficient (Wildman–Crippen LogP) is 1.76. The fourth-order valence-electron chi connectivity index (χ4n) is 4.02. The molecule has 25 heavy (non-hydrogen) atoms. The molecule has 0 aromatic carbocycles. The molecule has 2 aromatic rings. The number of hydrogen-bond donors (Lipinski definition) is 1. The first kappa shape index (κ1) is 16.9. The molecule has 8 heteroatoms. The van der Waals surface area contributed by atoms with Crippen LogP contribution in [0, 0.1) is 11.3 Å². The molecule has 0 bridgehead atoms. The first-order valence-corrected chi connectivity index (χ1v) is 9.42. The smallest absolute Gasteiger partial charge is 0.274 e. The third-order valence-electron chi connectivity index (χ3n) is 5.22. The number of aliphatic hydroxyl groups is 1. The van der Waals surface area contributed by atoms with Crippen molar-refractivity contribution in [2.45, 2.75) is 6.54 Å². The van der Waals surface area contributed by atoms with E-state index < -0.39 is 0 Å². The largest absolute Gasteiger partial charge is 0.396 e. The fraction of sp³-hybridized carbons (Fsp3) is 0.471. The van der Waals surface area contributed by atoms with Crippen LogP contribution in [0.5, 0.6) is 0 Å². The highest BCUT2D eigenvalue weighted by Crippen LogP contribution is 2.43. The molecule has 0 aliphatic carbocycles. The molecule has 1 amide bonds. The maximum absolute atomic E-state index is 12.6. The maximum atomic E-state index is 12.6. The van der Waals surface area contributed by atoms with Crippen LogP contribution >= 0.6 is 22.9 Å². The SMILES string of the molecule is O=C(c1cnccn1)N1C[C@@H]2CN(Cc3ccc(Cl)s3)C[C@]2(CO)C1. The molecule has 0 unspecified atom stereocenters. The zero-order valence-corrected chi connectivity index (χ0v) is 15.2. The minimum atomic E-state index is -0.251. The standard InChI is InChI=1S/C17H19ClN4O2S/c18-15-2-1-13(25-15)8-21-6-12-7-22(10-17(12,9-21)11-23)16(24)14-5-19-3-4-20-14/h1-5,12,23H,6-11H2/t12-,17+/m0/s1. The summed E-state index contributed by atoms with van der Waals surface area (Å²) in [6.07, 6.45) is 4.58. The molecule has 0 saturated carbocycles. The van der Waals surface area contributed by atoms with E-state index in [1.165, 1.54) is 17.3 Å². The van der Waals surface area contributed by atoms with Crippen molar-refractivity contribution in [1.29, 1.82) is 0 Å². The Kier molecular flexibility index (Phi) is 4.49. The van der Waals surface area contributed by atoms with Crippen molar-refractivity contribution in [3.63, 3.8) is 0 Å².